The molecule has 5 nitrogen and oxygen atoms in total. The Kier molecular flexibility index (Phi) is 3.51. The summed E-state index contributed by atoms with van der Waals surface area (Å²) in [6.45, 7) is 2.24. The van der Waals surface area contributed by atoms with Crippen LogP contribution in [-0.4, -0.2) is 26.2 Å². The van der Waals surface area contributed by atoms with Crippen LogP contribution >= 0.6 is 0 Å². The molecule has 1 aromatic rings. The van der Waals surface area contributed by atoms with Crippen molar-refractivity contribution in [2.24, 2.45) is 22.4 Å². The minimum atomic E-state index is 0.0556. The summed E-state index contributed by atoms with van der Waals surface area (Å²) in [5.74, 6) is 2.17. The van der Waals surface area contributed by atoms with Crippen molar-refractivity contribution in [3.8, 4) is 0 Å². The first kappa shape index (κ1) is 14.2. The van der Waals surface area contributed by atoms with Crippen molar-refractivity contribution in [2.75, 3.05) is 19.0 Å². The average Bonchev–Trinajstić information content (AvgIpc) is 2.80. The molecule has 2 aliphatic carbocycles. The molecule has 3 rings (SSSR count). The summed E-state index contributed by atoms with van der Waals surface area (Å²) in [5, 5.41) is 4.03. The zero-order chi connectivity index (χ0) is 15.0. The van der Waals surface area contributed by atoms with Crippen molar-refractivity contribution in [3.05, 3.63) is 17.9 Å². The van der Waals surface area contributed by atoms with Crippen molar-refractivity contribution < 1.29 is 9.21 Å². The zero-order valence-electron chi connectivity index (χ0n) is 12.9. The smallest absolute Gasteiger partial charge is 0.244 e. The first-order valence-electron chi connectivity index (χ1n) is 7.62. The SMILES string of the molecule is CN(C)c1ccc(/C=N\NC(=O)[C@@H]2[C@H]3CCCC[C@]32C)o1. The minimum Gasteiger partial charge on any atom is -0.440 e. The number of amides is 1. The predicted octanol–water partition coefficient (Wildman–Crippen LogP) is 2.62. The molecule has 0 radical (unpaired) electrons. The van der Waals surface area contributed by atoms with E-state index < -0.39 is 0 Å². The highest BCUT2D eigenvalue weighted by Crippen LogP contribution is 2.66. The van der Waals surface area contributed by atoms with E-state index in [9.17, 15) is 4.79 Å². The van der Waals surface area contributed by atoms with Crippen LogP contribution in [-0.2, 0) is 4.79 Å². The van der Waals surface area contributed by atoms with Gasteiger partial charge in [-0.05, 0) is 30.2 Å². The first-order chi connectivity index (χ1) is 10.0. The number of hydrogen-bond acceptors (Lipinski definition) is 4. The summed E-state index contributed by atoms with van der Waals surface area (Å²) in [5.41, 5.74) is 2.89. The van der Waals surface area contributed by atoms with Crippen molar-refractivity contribution in [2.45, 2.75) is 32.6 Å². The Bertz CT molecular complexity index is 564. The van der Waals surface area contributed by atoms with Gasteiger partial charge in [0.25, 0.3) is 0 Å². The number of carbonyl (C=O) groups is 1. The van der Waals surface area contributed by atoms with Crippen LogP contribution in [0.3, 0.4) is 0 Å². The maximum absolute atomic E-state index is 12.2. The highest BCUT2D eigenvalue weighted by atomic mass is 16.4. The maximum atomic E-state index is 12.2. The van der Waals surface area contributed by atoms with Crippen LogP contribution in [0, 0.1) is 17.3 Å². The van der Waals surface area contributed by atoms with Gasteiger partial charge in [0.1, 0.15) is 5.76 Å². The summed E-state index contributed by atoms with van der Waals surface area (Å²) in [6.07, 6.45) is 6.42. The second-order valence-corrected chi connectivity index (χ2v) is 6.64. The van der Waals surface area contributed by atoms with Crippen LogP contribution in [0.5, 0.6) is 0 Å². The highest BCUT2D eigenvalue weighted by Gasteiger charge is 2.64. The number of nitrogens with zero attached hydrogens (tertiary/aromatic N) is 2. The molecule has 1 N–H and O–H groups in total. The van der Waals surface area contributed by atoms with Crippen LogP contribution < -0.4 is 10.3 Å². The van der Waals surface area contributed by atoms with E-state index in [0.717, 1.165) is 5.88 Å². The first-order valence-corrected chi connectivity index (χ1v) is 7.62. The molecule has 0 saturated heterocycles. The third kappa shape index (κ3) is 2.57. The molecule has 1 heterocycles. The molecule has 1 amide bonds. The summed E-state index contributed by atoms with van der Waals surface area (Å²) in [4.78, 5) is 14.1. The lowest BCUT2D eigenvalue weighted by molar-refractivity contribution is -0.123. The molecule has 0 aliphatic heterocycles. The topological polar surface area (TPSA) is 57.8 Å². The van der Waals surface area contributed by atoms with Gasteiger partial charge in [-0.25, -0.2) is 5.43 Å². The fraction of sp³-hybridized carbons (Fsp3) is 0.625. The number of hydrogen-bond donors (Lipinski definition) is 1. The number of anilines is 1. The molecular formula is C16H23N3O2. The fourth-order valence-corrected chi connectivity index (χ4v) is 3.73. The number of nitrogens with one attached hydrogen (secondary N) is 1. The van der Waals surface area contributed by atoms with Gasteiger partial charge in [-0.15, -0.1) is 0 Å². The van der Waals surface area contributed by atoms with Crippen molar-refractivity contribution >= 4 is 18.0 Å². The largest absolute Gasteiger partial charge is 0.440 e. The molecule has 0 bridgehead atoms. The molecule has 2 aliphatic rings. The Labute approximate surface area is 125 Å². The van der Waals surface area contributed by atoms with E-state index in [4.69, 9.17) is 4.42 Å². The molecule has 5 heteroatoms. The van der Waals surface area contributed by atoms with Crippen LogP contribution in [0.25, 0.3) is 0 Å². The van der Waals surface area contributed by atoms with Gasteiger partial charge in [0, 0.05) is 26.1 Å². The summed E-state index contributed by atoms with van der Waals surface area (Å²) >= 11 is 0. The Morgan fingerprint density at radius 3 is 2.90 bits per heavy atom. The van der Waals surface area contributed by atoms with Gasteiger partial charge in [0.15, 0.2) is 5.88 Å². The summed E-state index contributed by atoms with van der Waals surface area (Å²) < 4.78 is 5.54. The van der Waals surface area contributed by atoms with Crippen LogP contribution in [0.2, 0.25) is 0 Å². The molecule has 1 aromatic heterocycles. The van der Waals surface area contributed by atoms with Crippen molar-refractivity contribution in [1.29, 1.82) is 0 Å². The second kappa shape index (κ2) is 5.20. The number of furan rings is 1. The Hall–Kier alpha value is -1.78. The van der Waals surface area contributed by atoms with Gasteiger partial charge in [-0.3, -0.25) is 4.79 Å². The maximum Gasteiger partial charge on any atom is 0.244 e. The minimum absolute atomic E-state index is 0.0556. The van der Waals surface area contributed by atoms with E-state index in [1.54, 1.807) is 6.21 Å². The fourth-order valence-electron chi connectivity index (χ4n) is 3.73. The third-order valence-corrected chi connectivity index (χ3v) is 5.03. The van der Waals surface area contributed by atoms with E-state index >= 15 is 0 Å². The highest BCUT2D eigenvalue weighted by molar-refractivity contribution is 5.85. The van der Waals surface area contributed by atoms with Gasteiger partial charge in [0.05, 0.1) is 6.21 Å². The number of rotatable bonds is 4. The molecule has 0 aromatic carbocycles. The standard InChI is InChI=1S/C16H23N3O2/c1-16-9-5-4-6-12(16)14(16)15(20)18-17-10-11-7-8-13(21-11)19(2)3/h7-8,10,12,14H,4-6,9H2,1-3H3,(H,18,20)/b17-10-/t12-,14+,16-/m1/s1. The molecule has 2 saturated carbocycles. The van der Waals surface area contributed by atoms with E-state index in [2.05, 4.69) is 17.5 Å². The second-order valence-electron chi connectivity index (χ2n) is 6.64. The van der Waals surface area contributed by atoms with E-state index in [1.165, 1.54) is 25.7 Å². The van der Waals surface area contributed by atoms with Crippen LogP contribution in [0.15, 0.2) is 21.7 Å². The molecule has 21 heavy (non-hydrogen) atoms. The zero-order valence-corrected chi connectivity index (χ0v) is 12.9. The number of hydrazone groups is 1. The van der Waals surface area contributed by atoms with E-state index in [-0.39, 0.29) is 17.2 Å². The van der Waals surface area contributed by atoms with E-state index in [1.807, 2.05) is 31.1 Å². The lowest BCUT2D eigenvalue weighted by Gasteiger charge is -2.15. The monoisotopic (exact) mass is 289 g/mol. The molecule has 0 spiro atoms. The summed E-state index contributed by atoms with van der Waals surface area (Å²) in [7, 11) is 3.83. The van der Waals surface area contributed by atoms with Crippen LogP contribution in [0.1, 0.15) is 38.4 Å². The van der Waals surface area contributed by atoms with E-state index in [0.29, 0.717) is 11.7 Å². The molecular weight excluding hydrogens is 266 g/mol. The Morgan fingerprint density at radius 2 is 2.29 bits per heavy atom. The lowest BCUT2D eigenvalue weighted by atomic mass is 9.90. The van der Waals surface area contributed by atoms with Gasteiger partial charge in [0.2, 0.25) is 5.91 Å². The molecule has 2 fully saturated rings. The lowest BCUT2D eigenvalue weighted by Crippen LogP contribution is -2.22. The summed E-state index contributed by atoms with van der Waals surface area (Å²) in [6, 6.07) is 3.71. The Morgan fingerprint density at radius 1 is 1.48 bits per heavy atom. The predicted molar refractivity (Wildman–Crippen MR) is 82.3 cm³/mol. The van der Waals surface area contributed by atoms with Crippen molar-refractivity contribution in [1.82, 2.24) is 5.43 Å². The molecule has 0 unspecified atom stereocenters. The van der Waals surface area contributed by atoms with Gasteiger partial charge >= 0.3 is 0 Å². The normalized spacial score (nSPS) is 31.0. The van der Waals surface area contributed by atoms with Crippen LogP contribution in [0.4, 0.5) is 5.88 Å². The van der Waals surface area contributed by atoms with Gasteiger partial charge in [-0.2, -0.15) is 5.10 Å². The molecule has 114 valence electrons. The number of fused-ring (bicyclic) bond motifs is 1. The Balaban J connectivity index is 1.55. The van der Waals surface area contributed by atoms with Gasteiger partial charge in [-0.1, -0.05) is 19.8 Å². The third-order valence-electron chi connectivity index (χ3n) is 5.03. The average molecular weight is 289 g/mol. The van der Waals surface area contributed by atoms with Gasteiger partial charge < -0.3 is 9.32 Å². The van der Waals surface area contributed by atoms with Crippen molar-refractivity contribution in [3.63, 3.8) is 0 Å². The molecule has 3 atom stereocenters. The number of carbonyl (C=O) groups excluding carboxylic acids is 1. The quantitative estimate of drug-likeness (QED) is 0.684.